The van der Waals surface area contributed by atoms with Crippen LogP contribution in [0.3, 0.4) is 0 Å². The van der Waals surface area contributed by atoms with Gasteiger partial charge in [-0.2, -0.15) is 5.10 Å². The standard InChI is InChI=1S/C14H26N4O/c1-11-13(8-16-18(11)3)14(7-15)17(2)9-12-5-4-6-19-10-12/h8,12,14H,4-7,9-10,15H2,1-3H3. The van der Waals surface area contributed by atoms with Crippen LogP contribution in [-0.2, 0) is 11.8 Å². The van der Waals surface area contributed by atoms with Crippen LogP contribution in [0.5, 0.6) is 0 Å². The van der Waals surface area contributed by atoms with Crippen molar-refractivity contribution in [2.45, 2.75) is 25.8 Å². The highest BCUT2D eigenvalue weighted by Crippen LogP contribution is 2.24. The molecular formula is C14H26N4O. The van der Waals surface area contributed by atoms with E-state index in [4.69, 9.17) is 10.5 Å². The lowest BCUT2D eigenvalue weighted by Gasteiger charge is -2.32. The van der Waals surface area contributed by atoms with Crippen molar-refractivity contribution in [2.24, 2.45) is 18.7 Å². The van der Waals surface area contributed by atoms with Gasteiger partial charge in [0.25, 0.3) is 0 Å². The minimum atomic E-state index is 0.246. The maximum Gasteiger partial charge on any atom is 0.0540 e. The zero-order valence-corrected chi connectivity index (χ0v) is 12.3. The van der Waals surface area contributed by atoms with E-state index >= 15 is 0 Å². The zero-order valence-electron chi connectivity index (χ0n) is 12.3. The van der Waals surface area contributed by atoms with Gasteiger partial charge >= 0.3 is 0 Å². The van der Waals surface area contributed by atoms with Crippen LogP contribution in [0.15, 0.2) is 6.20 Å². The van der Waals surface area contributed by atoms with Crippen LogP contribution in [0.1, 0.15) is 30.1 Å². The van der Waals surface area contributed by atoms with Gasteiger partial charge in [-0.25, -0.2) is 0 Å². The molecule has 0 amide bonds. The Hall–Kier alpha value is -0.910. The summed E-state index contributed by atoms with van der Waals surface area (Å²) in [5, 5.41) is 4.32. The first-order valence-corrected chi connectivity index (χ1v) is 7.10. The van der Waals surface area contributed by atoms with Gasteiger partial charge in [-0.05, 0) is 32.7 Å². The van der Waals surface area contributed by atoms with Crippen LogP contribution >= 0.6 is 0 Å². The van der Waals surface area contributed by atoms with E-state index in [1.165, 1.54) is 24.1 Å². The van der Waals surface area contributed by atoms with Crippen LogP contribution in [-0.4, -0.2) is 48.0 Å². The molecule has 1 aromatic rings. The molecule has 0 aliphatic carbocycles. The molecule has 2 N–H and O–H groups in total. The highest BCUT2D eigenvalue weighted by atomic mass is 16.5. The van der Waals surface area contributed by atoms with Crippen molar-refractivity contribution >= 4 is 0 Å². The molecule has 2 heterocycles. The Labute approximate surface area is 115 Å². The second-order valence-corrected chi connectivity index (χ2v) is 5.58. The fourth-order valence-corrected chi connectivity index (χ4v) is 2.87. The number of hydrogen-bond donors (Lipinski definition) is 1. The van der Waals surface area contributed by atoms with Crippen LogP contribution < -0.4 is 5.73 Å². The maximum absolute atomic E-state index is 5.98. The van der Waals surface area contributed by atoms with Crippen LogP contribution in [0.2, 0.25) is 0 Å². The van der Waals surface area contributed by atoms with Gasteiger partial charge in [0, 0.05) is 38.0 Å². The van der Waals surface area contributed by atoms with Gasteiger partial charge in [-0.15, -0.1) is 0 Å². The summed E-state index contributed by atoms with van der Waals surface area (Å²) in [6, 6.07) is 0.246. The molecule has 1 fully saturated rings. The Morgan fingerprint density at radius 2 is 2.42 bits per heavy atom. The van der Waals surface area contributed by atoms with E-state index in [9.17, 15) is 0 Å². The molecule has 0 saturated carbocycles. The second kappa shape index (κ2) is 6.50. The molecule has 0 radical (unpaired) electrons. The number of nitrogens with two attached hydrogens (primary N) is 1. The quantitative estimate of drug-likeness (QED) is 0.866. The summed E-state index contributed by atoms with van der Waals surface area (Å²) >= 11 is 0. The van der Waals surface area contributed by atoms with Crippen molar-refractivity contribution in [3.05, 3.63) is 17.5 Å². The molecule has 0 bridgehead atoms. The minimum absolute atomic E-state index is 0.246. The van der Waals surface area contributed by atoms with Gasteiger partial charge < -0.3 is 10.5 Å². The topological polar surface area (TPSA) is 56.3 Å². The summed E-state index contributed by atoms with van der Waals surface area (Å²) in [4.78, 5) is 2.35. The van der Waals surface area contributed by atoms with E-state index in [1.54, 1.807) is 0 Å². The Bertz CT molecular complexity index is 398. The average molecular weight is 266 g/mol. The smallest absolute Gasteiger partial charge is 0.0540 e. The average Bonchev–Trinajstić information content (AvgIpc) is 2.73. The molecule has 2 atom stereocenters. The van der Waals surface area contributed by atoms with Gasteiger partial charge in [0.2, 0.25) is 0 Å². The fraction of sp³-hybridized carbons (Fsp3) is 0.786. The summed E-state index contributed by atoms with van der Waals surface area (Å²) in [6.07, 6.45) is 4.38. The highest BCUT2D eigenvalue weighted by Gasteiger charge is 2.23. The third-order valence-electron chi connectivity index (χ3n) is 4.19. The Balaban J connectivity index is 2.02. The van der Waals surface area contributed by atoms with E-state index in [2.05, 4.69) is 24.0 Å². The normalized spacial score (nSPS) is 21.8. The number of likely N-dealkylation sites (N-methyl/N-ethyl adjacent to an activating group) is 1. The molecule has 1 aliphatic heterocycles. The summed E-state index contributed by atoms with van der Waals surface area (Å²) in [7, 11) is 4.12. The van der Waals surface area contributed by atoms with E-state index in [1.807, 2.05) is 17.9 Å². The van der Waals surface area contributed by atoms with Crippen LogP contribution in [0, 0.1) is 12.8 Å². The molecule has 5 heteroatoms. The van der Waals surface area contributed by atoms with Gasteiger partial charge in [0.1, 0.15) is 0 Å². The minimum Gasteiger partial charge on any atom is -0.381 e. The van der Waals surface area contributed by atoms with E-state index in [-0.39, 0.29) is 6.04 Å². The Morgan fingerprint density at radius 1 is 1.63 bits per heavy atom. The van der Waals surface area contributed by atoms with Crippen molar-refractivity contribution in [2.75, 3.05) is 33.4 Å². The summed E-state index contributed by atoms with van der Waals surface area (Å²) in [6.45, 7) is 5.56. The van der Waals surface area contributed by atoms with Crippen molar-refractivity contribution in [1.82, 2.24) is 14.7 Å². The van der Waals surface area contributed by atoms with Gasteiger partial charge in [-0.3, -0.25) is 9.58 Å². The third kappa shape index (κ3) is 3.35. The van der Waals surface area contributed by atoms with Gasteiger partial charge in [0.15, 0.2) is 0 Å². The molecule has 1 aromatic heterocycles. The number of ether oxygens (including phenoxy) is 1. The third-order valence-corrected chi connectivity index (χ3v) is 4.19. The number of nitrogens with zero attached hydrogens (tertiary/aromatic N) is 3. The lowest BCUT2D eigenvalue weighted by molar-refractivity contribution is 0.0365. The predicted octanol–water partition coefficient (Wildman–Crippen LogP) is 1.09. The lowest BCUT2D eigenvalue weighted by Crippen LogP contribution is -2.36. The second-order valence-electron chi connectivity index (χ2n) is 5.58. The molecule has 19 heavy (non-hydrogen) atoms. The molecular weight excluding hydrogens is 240 g/mol. The van der Waals surface area contributed by atoms with Gasteiger partial charge in [0.05, 0.1) is 18.8 Å². The molecule has 0 aromatic carbocycles. The van der Waals surface area contributed by atoms with Crippen LogP contribution in [0.25, 0.3) is 0 Å². The largest absolute Gasteiger partial charge is 0.381 e. The highest BCUT2D eigenvalue weighted by molar-refractivity contribution is 5.21. The van der Waals surface area contributed by atoms with Crippen LogP contribution in [0.4, 0.5) is 0 Å². The van der Waals surface area contributed by atoms with Gasteiger partial charge in [-0.1, -0.05) is 0 Å². The first-order valence-electron chi connectivity index (χ1n) is 7.10. The first kappa shape index (κ1) is 14.5. The zero-order chi connectivity index (χ0) is 13.8. The predicted molar refractivity (Wildman–Crippen MR) is 75.9 cm³/mol. The lowest BCUT2D eigenvalue weighted by atomic mass is 9.99. The molecule has 2 rings (SSSR count). The summed E-state index contributed by atoms with van der Waals surface area (Å²) in [5.41, 5.74) is 8.42. The fourth-order valence-electron chi connectivity index (χ4n) is 2.87. The number of aryl methyl sites for hydroxylation is 1. The van der Waals surface area contributed by atoms with Crippen molar-refractivity contribution in [3.63, 3.8) is 0 Å². The SMILES string of the molecule is Cc1c(C(CN)N(C)CC2CCCOC2)cnn1C. The molecule has 108 valence electrons. The van der Waals surface area contributed by atoms with E-state index in [0.717, 1.165) is 19.8 Å². The maximum atomic E-state index is 5.98. The molecule has 1 saturated heterocycles. The molecule has 2 unspecified atom stereocenters. The van der Waals surface area contributed by atoms with E-state index < -0.39 is 0 Å². The number of hydrogen-bond acceptors (Lipinski definition) is 4. The Morgan fingerprint density at radius 3 is 2.95 bits per heavy atom. The molecule has 0 spiro atoms. The molecule has 5 nitrogen and oxygen atoms in total. The monoisotopic (exact) mass is 266 g/mol. The number of rotatable bonds is 5. The Kier molecular flexibility index (Phi) is 4.96. The van der Waals surface area contributed by atoms with Crippen molar-refractivity contribution < 1.29 is 4.74 Å². The van der Waals surface area contributed by atoms with Crippen molar-refractivity contribution in [1.29, 1.82) is 0 Å². The van der Waals surface area contributed by atoms with Crippen molar-refractivity contribution in [3.8, 4) is 0 Å². The summed E-state index contributed by atoms with van der Waals surface area (Å²) in [5.74, 6) is 0.629. The first-order chi connectivity index (χ1) is 9.13. The number of aromatic nitrogens is 2. The van der Waals surface area contributed by atoms with E-state index in [0.29, 0.717) is 12.5 Å². The molecule has 1 aliphatic rings. The summed E-state index contributed by atoms with van der Waals surface area (Å²) < 4.78 is 7.47.